The normalized spacial score (nSPS) is 16.1. The zero-order valence-electron chi connectivity index (χ0n) is 11.7. The summed E-state index contributed by atoms with van der Waals surface area (Å²) in [6.45, 7) is 2.40. The smallest absolute Gasteiger partial charge is 0.261 e. The van der Waals surface area contributed by atoms with Crippen LogP contribution in [0, 0.1) is 12.8 Å². The number of rotatable bonds is 4. The Labute approximate surface area is 137 Å². The summed E-state index contributed by atoms with van der Waals surface area (Å²) in [5, 5.41) is 2.89. The summed E-state index contributed by atoms with van der Waals surface area (Å²) in [4.78, 5) is 12.2. The molecular formula is C14H17BrClNO3S. The third kappa shape index (κ3) is 4.20. The van der Waals surface area contributed by atoms with Crippen molar-refractivity contribution >= 4 is 41.6 Å². The van der Waals surface area contributed by atoms with Crippen LogP contribution in [0.4, 0.5) is 0 Å². The molecular weight excluding hydrogens is 378 g/mol. The molecule has 1 aliphatic carbocycles. The second-order valence-corrected chi connectivity index (χ2v) is 8.80. The number of nitrogens with one attached hydrogen (secondary N) is 1. The quantitative estimate of drug-likeness (QED) is 0.794. The molecule has 116 valence electrons. The van der Waals surface area contributed by atoms with Gasteiger partial charge < -0.3 is 5.32 Å². The van der Waals surface area contributed by atoms with Crippen molar-refractivity contribution in [3.05, 3.63) is 27.7 Å². The lowest BCUT2D eigenvalue weighted by molar-refractivity contribution is 0.0946. The Balaban J connectivity index is 2.21. The van der Waals surface area contributed by atoms with Crippen LogP contribution in [-0.4, -0.2) is 20.9 Å². The standard InChI is InChI=1S/C14H17BrClNO3S/c1-9-12(6-11(7-13(9)15)21(16,19)20)14(18)17-8-10-4-2-3-5-10/h6-7,10H,2-5,8H2,1H3,(H,17,18). The molecule has 1 saturated carbocycles. The van der Waals surface area contributed by atoms with Crippen LogP contribution in [0.2, 0.25) is 0 Å². The van der Waals surface area contributed by atoms with Crippen molar-refractivity contribution in [2.45, 2.75) is 37.5 Å². The minimum atomic E-state index is -3.87. The van der Waals surface area contributed by atoms with E-state index in [0.717, 1.165) is 12.8 Å². The van der Waals surface area contributed by atoms with Gasteiger partial charge in [0.1, 0.15) is 0 Å². The summed E-state index contributed by atoms with van der Waals surface area (Å²) in [5.74, 6) is 0.264. The predicted octanol–water partition coefficient (Wildman–Crippen LogP) is 3.61. The Bertz CT molecular complexity index is 654. The van der Waals surface area contributed by atoms with Crippen molar-refractivity contribution in [1.82, 2.24) is 5.32 Å². The van der Waals surface area contributed by atoms with E-state index in [1.165, 1.54) is 25.0 Å². The van der Waals surface area contributed by atoms with Crippen molar-refractivity contribution < 1.29 is 13.2 Å². The Hall–Kier alpha value is -0.590. The van der Waals surface area contributed by atoms with Gasteiger partial charge in [-0.15, -0.1) is 0 Å². The van der Waals surface area contributed by atoms with Crippen molar-refractivity contribution in [3.63, 3.8) is 0 Å². The van der Waals surface area contributed by atoms with E-state index in [9.17, 15) is 13.2 Å². The second-order valence-electron chi connectivity index (χ2n) is 5.38. The van der Waals surface area contributed by atoms with Crippen LogP contribution in [0.15, 0.2) is 21.5 Å². The first-order valence-electron chi connectivity index (χ1n) is 6.82. The van der Waals surface area contributed by atoms with Gasteiger partial charge in [0.2, 0.25) is 0 Å². The lowest BCUT2D eigenvalue weighted by Gasteiger charge is -2.13. The number of carbonyl (C=O) groups is 1. The summed E-state index contributed by atoms with van der Waals surface area (Å²) >= 11 is 3.27. The first-order chi connectivity index (χ1) is 9.79. The highest BCUT2D eigenvalue weighted by atomic mass is 79.9. The van der Waals surface area contributed by atoms with Crippen LogP contribution in [-0.2, 0) is 9.05 Å². The van der Waals surface area contributed by atoms with Crippen LogP contribution in [0.1, 0.15) is 41.6 Å². The van der Waals surface area contributed by atoms with E-state index in [0.29, 0.717) is 28.1 Å². The lowest BCUT2D eigenvalue weighted by atomic mass is 10.1. The highest BCUT2D eigenvalue weighted by Crippen LogP contribution is 2.27. The minimum Gasteiger partial charge on any atom is -0.352 e. The van der Waals surface area contributed by atoms with Gasteiger partial charge in [-0.05, 0) is 43.4 Å². The third-order valence-corrected chi connectivity index (χ3v) is 6.03. The van der Waals surface area contributed by atoms with Gasteiger partial charge in [0.05, 0.1) is 4.90 Å². The fourth-order valence-corrected chi connectivity index (χ4v) is 3.97. The maximum absolute atomic E-state index is 12.3. The highest BCUT2D eigenvalue weighted by Gasteiger charge is 2.20. The van der Waals surface area contributed by atoms with Gasteiger partial charge in [0, 0.05) is 27.3 Å². The zero-order chi connectivity index (χ0) is 15.6. The van der Waals surface area contributed by atoms with Crippen LogP contribution < -0.4 is 5.32 Å². The van der Waals surface area contributed by atoms with Gasteiger partial charge in [0.25, 0.3) is 15.0 Å². The Kier molecular flexibility index (Phi) is 5.33. The van der Waals surface area contributed by atoms with Gasteiger partial charge in [-0.2, -0.15) is 0 Å². The minimum absolute atomic E-state index is 0.0762. The van der Waals surface area contributed by atoms with Crippen LogP contribution in [0.5, 0.6) is 0 Å². The third-order valence-electron chi connectivity index (χ3n) is 3.87. The number of hydrogen-bond acceptors (Lipinski definition) is 3. The SMILES string of the molecule is Cc1c(Br)cc(S(=O)(=O)Cl)cc1C(=O)NCC1CCCC1. The van der Waals surface area contributed by atoms with Gasteiger partial charge in [0.15, 0.2) is 0 Å². The van der Waals surface area contributed by atoms with Crippen molar-refractivity contribution in [2.75, 3.05) is 6.54 Å². The van der Waals surface area contributed by atoms with E-state index in [1.807, 2.05) is 0 Å². The Morgan fingerprint density at radius 3 is 2.57 bits per heavy atom. The summed E-state index contributed by atoms with van der Waals surface area (Å²) in [6, 6.07) is 2.73. The topological polar surface area (TPSA) is 63.2 Å². The number of benzene rings is 1. The molecule has 0 heterocycles. The van der Waals surface area contributed by atoms with Crippen LogP contribution in [0.25, 0.3) is 0 Å². The molecule has 0 aromatic heterocycles. The summed E-state index contributed by atoms with van der Waals surface area (Å²) in [6.07, 6.45) is 4.70. The van der Waals surface area contributed by atoms with Gasteiger partial charge in [-0.1, -0.05) is 28.8 Å². The van der Waals surface area contributed by atoms with Gasteiger partial charge in [-0.25, -0.2) is 8.42 Å². The van der Waals surface area contributed by atoms with Crippen molar-refractivity contribution in [1.29, 1.82) is 0 Å². The fourth-order valence-electron chi connectivity index (χ4n) is 2.58. The Morgan fingerprint density at radius 2 is 2.00 bits per heavy atom. The van der Waals surface area contributed by atoms with E-state index in [2.05, 4.69) is 21.2 Å². The molecule has 1 amide bonds. The van der Waals surface area contributed by atoms with Crippen LogP contribution in [0.3, 0.4) is 0 Å². The molecule has 0 bridgehead atoms. The molecule has 0 atom stereocenters. The van der Waals surface area contributed by atoms with E-state index in [1.54, 1.807) is 6.92 Å². The number of carbonyl (C=O) groups excluding carboxylic acids is 1. The fraction of sp³-hybridized carbons (Fsp3) is 0.500. The summed E-state index contributed by atoms with van der Waals surface area (Å²) < 4.78 is 23.5. The molecule has 1 N–H and O–H groups in total. The molecule has 0 saturated heterocycles. The predicted molar refractivity (Wildman–Crippen MR) is 86.2 cm³/mol. The molecule has 1 aromatic carbocycles. The number of hydrogen-bond donors (Lipinski definition) is 1. The van der Waals surface area contributed by atoms with Crippen LogP contribution >= 0.6 is 26.6 Å². The number of halogens is 2. The van der Waals surface area contributed by atoms with E-state index < -0.39 is 9.05 Å². The molecule has 1 aliphatic rings. The molecule has 0 spiro atoms. The van der Waals surface area contributed by atoms with E-state index in [4.69, 9.17) is 10.7 Å². The van der Waals surface area contributed by atoms with E-state index in [-0.39, 0.29) is 10.8 Å². The molecule has 7 heteroatoms. The second kappa shape index (κ2) is 6.67. The summed E-state index contributed by atoms with van der Waals surface area (Å²) in [5.41, 5.74) is 1.03. The molecule has 0 radical (unpaired) electrons. The van der Waals surface area contributed by atoms with Crippen molar-refractivity contribution in [2.24, 2.45) is 5.92 Å². The molecule has 2 rings (SSSR count). The molecule has 21 heavy (non-hydrogen) atoms. The average molecular weight is 395 g/mol. The number of amides is 1. The monoisotopic (exact) mass is 393 g/mol. The maximum atomic E-state index is 12.3. The molecule has 1 fully saturated rings. The first kappa shape index (κ1) is 16.8. The average Bonchev–Trinajstić information content (AvgIpc) is 2.91. The largest absolute Gasteiger partial charge is 0.352 e. The van der Waals surface area contributed by atoms with Crippen molar-refractivity contribution in [3.8, 4) is 0 Å². The molecule has 4 nitrogen and oxygen atoms in total. The van der Waals surface area contributed by atoms with Gasteiger partial charge in [-0.3, -0.25) is 4.79 Å². The highest BCUT2D eigenvalue weighted by molar-refractivity contribution is 9.10. The maximum Gasteiger partial charge on any atom is 0.261 e. The van der Waals surface area contributed by atoms with E-state index >= 15 is 0 Å². The first-order valence-corrected chi connectivity index (χ1v) is 9.92. The molecule has 0 unspecified atom stereocenters. The van der Waals surface area contributed by atoms with Gasteiger partial charge >= 0.3 is 0 Å². The lowest BCUT2D eigenvalue weighted by Crippen LogP contribution is -2.29. The Morgan fingerprint density at radius 1 is 1.38 bits per heavy atom. The summed E-state index contributed by atoms with van der Waals surface area (Å²) in [7, 11) is 1.49. The zero-order valence-corrected chi connectivity index (χ0v) is 14.8. The molecule has 0 aliphatic heterocycles. The molecule has 1 aromatic rings.